The van der Waals surface area contributed by atoms with Gasteiger partial charge in [-0.15, -0.1) is 0 Å². The zero-order chi connectivity index (χ0) is 15.7. The highest BCUT2D eigenvalue weighted by atomic mass is 16.5. The number of hydrogen-bond donors (Lipinski definition) is 1. The number of phenols is 1. The number of ether oxygens (including phenoxy) is 2. The van der Waals surface area contributed by atoms with Crippen LogP contribution in [0.2, 0.25) is 0 Å². The summed E-state index contributed by atoms with van der Waals surface area (Å²) in [5.74, 6) is 1.30. The molecule has 2 aromatic carbocycles. The molecule has 1 aliphatic heterocycles. The van der Waals surface area contributed by atoms with Gasteiger partial charge in [0.15, 0.2) is 6.10 Å². The second-order valence-corrected chi connectivity index (χ2v) is 5.21. The smallest absolute Gasteiger partial charge is 0.268 e. The number of carbonyl (C=O) groups is 1. The maximum Gasteiger partial charge on any atom is 0.268 e. The Labute approximate surface area is 128 Å². The van der Waals surface area contributed by atoms with E-state index < -0.39 is 6.10 Å². The molecule has 1 amide bonds. The molecule has 0 spiro atoms. The van der Waals surface area contributed by atoms with Crippen LogP contribution >= 0.6 is 0 Å². The summed E-state index contributed by atoms with van der Waals surface area (Å²) >= 11 is 0. The molecule has 1 N–H and O–H groups in total. The topological polar surface area (TPSA) is 59.0 Å². The summed E-state index contributed by atoms with van der Waals surface area (Å²) in [4.78, 5) is 14.0. The Kier molecular flexibility index (Phi) is 3.63. The van der Waals surface area contributed by atoms with Crippen molar-refractivity contribution in [2.45, 2.75) is 12.5 Å². The summed E-state index contributed by atoms with van der Waals surface area (Å²) in [6, 6.07) is 12.3. The van der Waals surface area contributed by atoms with E-state index in [4.69, 9.17) is 9.47 Å². The van der Waals surface area contributed by atoms with Crippen molar-refractivity contribution in [2.75, 3.05) is 19.1 Å². The van der Waals surface area contributed by atoms with Crippen LogP contribution in [-0.4, -0.2) is 31.3 Å². The van der Waals surface area contributed by atoms with E-state index in [0.29, 0.717) is 17.9 Å². The van der Waals surface area contributed by atoms with E-state index >= 15 is 0 Å². The van der Waals surface area contributed by atoms with Crippen molar-refractivity contribution < 1.29 is 19.4 Å². The second-order valence-electron chi connectivity index (χ2n) is 5.21. The zero-order valence-corrected chi connectivity index (χ0v) is 12.4. The van der Waals surface area contributed by atoms with Crippen molar-refractivity contribution >= 4 is 11.6 Å². The average molecular weight is 299 g/mol. The number of aromatic hydroxyl groups is 1. The van der Waals surface area contributed by atoms with Crippen molar-refractivity contribution in [3.05, 3.63) is 48.0 Å². The lowest BCUT2D eigenvalue weighted by Gasteiger charge is -2.32. The van der Waals surface area contributed by atoms with E-state index in [0.717, 1.165) is 11.3 Å². The number of rotatable bonds is 3. The Bertz CT molecular complexity index is 696. The molecule has 22 heavy (non-hydrogen) atoms. The predicted molar refractivity (Wildman–Crippen MR) is 82.6 cm³/mol. The van der Waals surface area contributed by atoms with E-state index in [1.54, 1.807) is 25.1 Å². The van der Waals surface area contributed by atoms with Gasteiger partial charge in [0.05, 0.1) is 12.8 Å². The first kappa shape index (κ1) is 14.3. The molecule has 0 radical (unpaired) electrons. The Balaban J connectivity index is 1.83. The zero-order valence-electron chi connectivity index (χ0n) is 12.4. The maximum absolute atomic E-state index is 12.4. The lowest BCUT2D eigenvalue weighted by molar-refractivity contribution is -0.125. The second kappa shape index (κ2) is 5.60. The Morgan fingerprint density at radius 3 is 2.64 bits per heavy atom. The molecule has 114 valence electrons. The Hall–Kier alpha value is -2.69. The number of benzene rings is 2. The standard InChI is InChI=1S/C17H17NO4/c1-18-14-8-5-12(19)10-15(14)22-16(17(18)20)9-11-3-6-13(21-2)7-4-11/h3-8,10,16,19H,9H2,1-2H3. The highest BCUT2D eigenvalue weighted by Gasteiger charge is 2.32. The summed E-state index contributed by atoms with van der Waals surface area (Å²) in [6.45, 7) is 0. The van der Waals surface area contributed by atoms with E-state index in [1.165, 1.54) is 12.1 Å². The minimum Gasteiger partial charge on any atom is -0.508 e. The van der Waals surface area contributed by atoms with Crippen LogP contribution in [-0.2, 0) is 11.2 Å². The van der Waals surface area contributed by atoms with Gasteiger partial charge >= 0.3 is 0 Å². The number of anilines is 1. The summed E-state index contributed by atoms with van der Waals surface area (Å²) in [6.07, 6.45) is -0.143. The van der Waals surface area contributed by atoms with Crippen molar-refractivity contribution in [1.82, 2.24) is 0 Å². The van der Waals surface area contributed by atoms with Crippen LogP contribution in [0.3, 0.4) is 0 Å². The molecule has 1 unspecified atom stereocenters. The molecule has 1 heterocycles. The van der Waals surface area contributed by atoms with Gasteiger partial charge in [-0.3, -0.25) is 4.79 Å². The summed E-state index contributed by atoms with van der Waals surface area (Å²) in [7, 11) is 3.32. The first-order valence-corrected chi connectivity index (χ1v) is 6.98. The van der Waals surface area contributed by atoms with Crippen molar-refractivity contribution in [2.24, 2.45) is 0 Å². The quantitative estimate of drug-likeness (QED) is 0.945. The lowest BCUT2D eigenvalue weighted by Crippen LogP contribution is -2.44. The number of nitrogens with zero attached hydrogens (tertiary/aromatic N) is 1. The highest BCUT2D eigenvalue weighted by molar-refractivity contribution is 5.99. The van der Waals surface area contributed by atoms with Gasteiger partial charge in [0.1, 0.15) is 17.2 Å². The van der Waals surface area contributed by atoms with E-state index in [2.05, 4.69) is 0 Å². The van der Waals surface area contributed by atoms with Gasteiger partial charge in [-0.1, -0.05) is 12.1 Å². The molecule has 5 nitrogen and oxygen atoms in total. The van der Waals surface area contributed by atoms with Gasteiger partial charge in [0, 0.05) is 19.5 Å². The van der Waals surface area contributed by atoms with Crippen LogP contribution in [0, 0.1) is 0 Å². The molecule has 1 aliphatic rings. The van der Waals surface area contributed by atoms with Gasteiger partial charge in [-0.25, -0.2) is 0 Å². The fourth-order valence-electron chi connectivity index (χ4n) is 2.52. The minimum absolute atomic E-state index is 0.103. The van der Waals surface area contributed by atoms with Crippen molar-refractivity contribution in [3.8, 4) is 17.2 Å². The lowest BCUT2D eigenvalue weighted by atomic mass is 10.0. The molecular weight excluding hydrogens is 282 g/mol. The van der Waals surface area contributed by atoms with Gasteiger partial charge in [0.2, 0.25) is 0 Å². The monoisotopic (exact) mass is 299 g/mol. The third kappa shape index (κ3) is 2.57. The molecule has 0 fully saturated rings. The molecule has 0 bridgehead atoms. The average Bonchev–Trinajstić information content (AvgIpc) is 2.53. The van der Waals surface area contributed by atoms with Gasteiger partial charge in [-0.05, 0) is 29.8 Å². The first-order chi connectivity index (χ1) is 10.6. The molecule has 5 heteroatoms. The molecule has 0 aromatic heterocycles. The number of phenolic OH excluding ortho intramolecular Hbond substituents is 1. The number of likely N-dealkylation sites (N-methyl/N-ethyl adjacent to an activating group) is 1. The van der Waals surface area contributed by atoms with Gasteiger partial charge in [0.25, 0.3) is 5.91 Å². The molecule has 2 aromatic rings. The van der Waals surface area contributed by atoms with Crippen molar-refractivity contribution in [3.63, 3.8) is 0 Å². The molecule has 3 rings (SSSR count). The summed E-state index contributed by atoms with van der Waals surface area (Å²) in [5, 5.41) is 9.58. The van der Waals surface area contributed by atoms with E-state index in [9.17, 15) is 9.90 Å². The SMILES string of the molecule is COc1ccc(CC2Oc3cc(O)ccc3N(C)C2=O)cc1. The molecule has 0 saturated heterocycles. The van der Waals surface area contributed by atoms with E-state index in [1.807, 2.05) is 24.3 Å². The largest absolute Gasteiger partial charge is 0.508 e. The van der Waals surface area contributed by atoms with E-state index in [-0.39, 0.29) is 11.7 Å². The number of methoxy groups -OCH3 is 1. The Morgan fingerprint density at radius 1 is 1.23 bits per heavy atom. The number of carbonyl (C=O) groups excluding carboxylic acids is 1. The number of hydrogen-bond acceptors (Lipinski definition) is 4. The minimum atomic E-state index is -0.604. The molecule has 0 aliphatic carbocycles. The maximum atomic E-state index is 12.4. The van der Waals surface area contributed by atoms with Crippen LogP contribution in [0.15, 0.2) is 42.5 Å². The van der Waals surface area contributed by atoms with Gasteiger partial charge < -0.3 is 19.5 Å². The van der Waals surface area contributed by atoms with Gasteiger partial charge in [-0.2, -0.15) is 0 Å². The fraction of sp³-hybridized carbons (Fsp3) is 0.235. The summed E-state index contributed by atoms with van der Waals surface area (Å²) < 4.78 is 10.9. The van der Waals surface area contributed by atoms with Crippen LogP contribution in [0.1, 0.15) is 5.56 Å². The predicted octanol–water partition coefficient (Wildman–Crippen LogP) is 2.37. The molecular formula is C17H17NO4. The first-order valence-electron chi connectivity index (χ1n) is 6.98. The third-order valence-electron chi connectivity index (χ3n) is 3.76. The molecule has 1 atom stereocenters. The number of amides is 1. The van der Waals surface area contributed by atoms with Crippen LogP contribution in [0.25, 0.3) is 0 Å². The molecule has 0 saturated carbocycles. The van der Waals surface area contributed by atoms with Crippen LogP contribution in [0.4, 0.5) is 5.69 Å². The fourth-order valence-corrected chi connectivity index (χ4v) is 2.52. The highest BCUT2D eigenvalue weighted by Crippen LogP contribution is 2.36. The normalized spacial score (nSPS) is 16.9. The summed E-state index contributed by atoms with van der Waals surface area (Å²) in [5.41, 5.74) is 1.64. The van der Waals surface area contributed by atoms with Crippen LogP contribution in [0.5, 0.6) is 17.2 Å². The van der Waals surface area contributed by atoms with Crippen molar-refractivity contribution in [1.29, 1.82) is 0 Å². The Morgan fingerprint density at radius 2 is 1.95 bits per heavy atom. The van der Waals surface area contributed by atoms with Crippen LogP contribution < -0.4 is 14.4 Å². The number of fused-ring (bicyclic) bond motifs is 1. The third-order valence-corrected chi connectivity index (χ3v) is 3.76.